The third-order valence-electron chi connectivity index (χ3n) is 4.15. The lowest BCUT2D eigenvalue weighted by Crippen LogP contribution is -2.40. The number of amides is 1. The van der Waals surface area contributed by atoms with E-state index in [0.717, 1.165) is 29.5 Å². The molecule has 0 saturated heterocycles. The number of hydrogen-bond acceptors (Lipinski definition) is 1. The number of nitrogens with one attached hydrogen (secondary N) is 1. The van der Waals surface area contributed by atoms with Crippen molar-refractivity contribution in [2.75, 3.05) is 0 Å². The van der Waals surface area contributed by atoms with E-state index in [4.69, 9.17) is 0 Å². The van der Waals surface area contributed by atoms with Gasteiger partial charge < -0.3 is 5.32 Å². The molecule has 0 radical (unpaired) electrons. The summed E-state index contributed by atoms with van der Waals surface area (Å²) < 4.78 is 0. The largest absolute Gasteiger partial charge is 0.348 e. The second-order valence-corrected chi connectivity index (χ2v) is 7.18. The van der Waals surface area contributed by atoms with Crippen molar-refractivity contribution in [1.82, 2.24) is 5.32 Å². The van der Waals surface area contributed by atoms with Crippen LogP contribution in [0.3, 0.4) is 0 Å². The lowest BCUT2D eigenvalue weighted by molar-refractivity contribution is 0.0933. The highest BCUT2D eigenvalue weighted by Gasteiger charge is 2.24. The molecule has 1 aromatic rings. The Morgan fingerprint density at radius 3 is 2.35 bits per heavy atom. The number of aryl methyl sites for hydroxylation is 3. The normalized spacial score (nSPS) is 23.2. The Kier molecular flexibility index (Phi) is 5.25. The van der Waals surface area contributed by atoms with Crippen LogP contribution in [0, 0.1) is 20.8 Å². The monoisotopic (exact) mass is 337 g/mol. The van der Waals surface area contributed by atoms with Gasteiger partial charge in [-0.15, -0.1) is 0 Å². The van der Waals surface area contributed by atoms with Crippen molar-refractivity contribution in [1.29, 1.82) is 0 Å². The maximum Gasteiger partial charge on any atom is 0.252 e. The molecule has 0 heterocycles. The van der Waals surface area contributed by atoms with Crippen LogP contribution in [0.4, 0.5) is 0 Å². The third kappa shape index (κ3) is 3.63. The first-order valence-electron chi connectivity index (χ1n) is 7.52. The minimum absolute atomic E-state index is 0.0800. The minimum Gasteiger partial charge on any atom is -0.348 e. The van der Waals surface area contributed by atoms with Gasteiger partial charge in [0.15, 0.2) is 0 Å². The molecule has 2 unspecified atom stereocenters. The van der Waals surface area contributed by atoms with Crippen molar-refractivity contribution in [3.8, 4) is 0 Å². The summed E-state index contributed by atoms with van der Waals surface area (Å²) >= 11 is 3.74. The fourth-order valence-corrected chi connectivity index (χ4v) is 3.92. The van der Waals surface area contributed by atoms with E-state index in [1.807, 2.05) is 13.8 Å². The summed E-state index contributed by atoms with van der Waals surface area (Å²) in [4.78, 5) is 13.0. The average Bonchev–Trinajstić information content (AvgIpc) is 2.53. The first-order valence-corrected chi connectivity index (χ1v) is 8.43. The van der Waals surface area contributed by atoms with Crippen LogP contribution in [0.5, 0.6) is 0 Å². The van der Waals surface area contributed by atoms with Crippen LogP contribution in [0.2, 0.25) is 0 Å². The fourth-order valence-electron chi connectivity index (χ4n) is 3.20. The molecule has 2 nitrogen and oxygen atoms in total. The molecule has 1 saturated carbocycles. The van der Waals surface area contributed by atoms with E-state index in [1.54, 1.807) is 0 Å². The number of rotatable bonds is 2. The second-order valence-electron chi connectivity index (χ2n) is 6.01. The predicted molar refractivity (Wildman–Crippen MR) is 87.7 cm³/mol. The van der Waals surface area contributed by atoms with E-state index in [-0.39, 0.29) is 11.9 Å². The number of carbonyl (C=O) groups is 1. The van der Waals surface area contributed by atoms with E-state index in [9.17, 15) is 4.79 Å². The zero-order chi connectivity index (χ0) is 14.7. The standard InChI is InChI=1S/C17H24BrNO/c1-11-9-12(2)16(13(3)10-11)17(20)19-15-8-6-4-5-7-14(15)18/h9-10,14-15H,4-8H2,1-3H3,(H,19,20). The molecule has 1 aromatic carbocycles. The molecule has 1 fully saturated rings. The highest BCUT2D eigenvalue weighted by Crippen LogP contribution is 2.24. The van der Waals surface area contributed by atoms with E-state index in [2.05, 4.69) is 40.3 Å². The van der Waals surface area contributed by atoms with Crippen LogP contribution in [-0.4, -0.2) is 16.8 Å². The molecule has 2 rings (SSSR count). The van der Waals surface area contributed by atoms with Gasteiger partial charge in [0.05, 0.1) is 0 Å². The average molecular weight is 338 g/mol. The Balaban J connectivity index is 2.15. The quantitative estimate of drug-likeness (QED) is 0.627. The highest BCUT2D eigenvalue weighted by molar-refractivity contribution is 9.09. The van der Waals surface area contributed by atoms with Gasteiger partial charge in [-0.2, -0.15) is 0 Å². The van der Waals surface area contributed by atoms with Crippen molar-refractivity contribution >= 4 is 21.8 Å². The van der Waals surface area contributed by atoms with Gasteiger partial charge >= 0.3 is 0 Å². The van der Waals surface area contributed by atoms with Gasteiger partial charge in [-0.05, 0) is 44.7 Å². The molecular formula is C17H24BrNO. The van der Waals surface area contributed by atoms with Gasteiger partial charge in [0.25, 0.3) is 5.91 Å². The Labute approximate surface area is 130 Å². The Hall–Kier alpha value is -0.830. The number of hydrogen-bond donors (Lipinski definition) is 1. The minimum atomic E-state index is 0.0800. The molecule has 1 N–H and O–H groups in total. The SMILES string of the molecule is Cc1cc(C)c(C(=O)NC2CCCCCC2Br)c(C)c1. The van der Waals surface area contributed by atoms with Crippen LogP contribution in [0.15, 0.2) is 12.1 Å². The molecule has 110 valence electrons. The van der Waals surface area contributed by atoms with Crippen LogP contribution in [0.1, 0.15) is 59.2 Å². The van der Waals surface area contributed by atoms with E-state index < -0.39 is 0 Å². The second kappa shape index (κ2) is 6.75. The van der Waals surface area contributed by atoms with E-state index in [0.29, 0.717) is 4.83 Å². The van der Waals surface area contributed by atoms with Gasteiger partial charge in [-0.3, -0.25) is 4.79 Å². The molecule has 0 spiro atoms. The summed E-state index contributed by atoms with van der Waals surface area (Å²) in [5, 5.41) is 3.24. The molecule has 0 bridgehead atoms. The predicted octanol–water partition coefficient (Wildman–Crippen LogP) is 4.44. The number of halogens is 1. The molecule has 3 heteroatoms. The van der Waals surface area contributed by atoms with Crippen molar-refractivity contribution in [3.63, 3.8) is 0 Å². The van der Waals surface area contributed by atoms with Crippen molar-refractivity contribution in [2.45, 2.75) is 63.7 Å². The number of alkyl halides is 1. The first-order chi connectivity index (χ1) is 9.49. The summed E-state index contributed by atoms with van der Waals surface area (Å²) in [7, 11) is 0. The van der Waals surface area contributed by atoms with E-state index in [1.165, 1.54) is 24.8 Å². The van der Waals surface area contributed by atoms with Crippen molar-refractivity contribution in [3.05, 3.63) is 34.4 Å². The third-order valence-corrected chi connectivity index (χ3v) is 5.25. The molecule has 0 aromatic heterocycles. The Morgan fingerprint density at radius 1 is 1.10 bits per heavy atom. The maximum absolute atomic E-state index is 12.6. The number of carbonyl (C=O) groups excluding carboxylic acids is 1. The van der Waals surface area contributed by atoms with Gasteiger partial charge in [-0.1, -0.05) is 52.9 Å². The lowest BCUT2D eigenvalue weighted by atomic mass is 9.98. The topological polar surface area (TPSA) is 29.1 Å². The maximum atomic E-state index is 12.6. The summed E-state index contributed by atoms with van der Waals surface area (Å²) in [6.07, 6.45) is 5.96. The molecule has 20 heavy (non-hydrogen) atoms. The highest BCUT2D eigenvalue weighted by atomic mass is 79.9. The van der Waals surface area contributed by atoms with Crippen LogP contribution in [0.25, 0.3) is 0 Å². The van der Waals surface area contributed by atoms with Gasteiger partial charge in [0, 0.05) is 16.4 Å². The molecular weight excluding hydrogens is 314 g/mol. The zero-order valence-corrected chi connectivity index (χ0v) is 14.2. The molecule has 1 aliphatic carbocycles. The molecule has 1 amide bonds. The van der Waals surface area contributed by atoms with E-state index >= 15 is 0 Å². The Morgan fingerprint density at radius 2 is 1.70 bits per heavy atom. The molecule has 0 aliphatic heterocycles. The van der Waals surface area contributed by atoms with Crippen LogP contribution < -0.4 is 5.32 Å². The fraction of sp³-hybridized carbons (Fsp3) is 0.588. The van der Waals surface area contributed by atoms with Gasteiger partial charge in [0.2, 0.25) is 0 Å². The van der Waals surface area contributed by atoms with Crippen molar-refractivity contribution < 1.29 is 4.79 Å². The summed E-state index contributed by atoms with van der Waals surface area (Å²) in [5.41, 5.74) is 4.20. The smallest absolute Gasteiger partial charge is 0.252 e. The zero-order valence-electron chi connectivity index (χ0n) is 12.6. The van der Waals surface area contributed by atoms with Gasteiger partial charge in [0.1, 0.15) is 0 Å². The summed E-state index contributed by atoms with van der Waals surface area (Å²) in [6, 6.07) is 4.42. The van der Waals surface area contributed by atoms with Crippen LogP contribution >= 0.6 is 15.9 Å². The van der Waals surface area contributed by atoms with Crippen LogP contribution in [-0.2, 0) is 0 Å². The molecule has 2 atom stereocenters. The van der Waals surface area contributed by atoms with Crippen molar-refractivity contribution in [2.24, 2.45) is 0 Å². The first kappa shape index (κ1) is 15.6. The Bertz CT molecular complexity index is 475. The molecule has 1 aliphatic rings. The van der Waals surface area contributed by atoms with Gasteiger partial charge in [-0.25, -0.2) is 0 Å². The summed E-state index contributed by atoms with van der Waals surface area (Å²) in [5.74, 6) is 0.0800. The number of benzene rings is 1. The lowest BCUT2D eigenvalue weighted by Gasteiger charge is -2.22. The summed E-state index contributed by atoms with van der Waals surface area (Å²) in [6.45, 7) is 6.11.